The third kappa shape index (κ3) is 6.24. The number of nitrogens with one attached hydrogen (secondary N) is 1. The molecule has 1 aliphatic rings. The van der Waals surface area contributed by atoms with E-state index in [2.05, 4.69) is 20.3 Å². The van der Waals surface area contributed by atoms with Crippen LogP contribution in [0.4, 0.5) is 4.39 Å². The second kappa shape index (κ2) is 10.5. The quantitative estimate of drug-likeness (QED) is 0.609. The minimum atomic E-state index is -0.465. The first-order valence-electron chi connectivity index (χ1n) is 9.66. The Bertz CT molecular complexity index is 866. The number of aromatic nitrogens is 3. The van der Waals surface area contributed by atoms with Crippen LogP contribution in [0.2, 0.25) is 5.02 Å². The maximum absolute atomic E-state index is 13.7. The average Bonchev–Trinajstić information content (AvgIpc) is 2.67. The van der Waals surface area contributed by atoms with E-state index in [4.69, 9.17) is 25.8 Å². The van der Waals surface area contributed by atoms with Crippen LogP contribution in [0.25, 0.3) is 0 Å². The van der Waals surface area contributed by atoms with Crippen LogP contribution in [0.3, 0.4) is 0 Å². The Hall–Kier alpha value is -2.52. The zero-order valence-corrected chi connectivity index (χ0v) is 17.6. The molecule has 0 spiro atoms. The van der Waals surface area contributed by atoms with Gasteiger partial charge in [0, 0.05) is 19.2 Å². The SMILES string of the molecule is CC(=O)N[C@@H](C)COC1CC(COc2ncnc(OCc3ncccc3F)c2Cl)C1. The van der Waals surface area contributed by atoms with Crippen LogP contribution >= 0.6 is 11.6 Å². The van der Waals surface area contributed by atoms with Crippen molar-refractivity contribution >= 4 is 17.5 Å². The number of rotatable bonds is 10. The molecule has 2 aromatic rings. The van der Waals surface area contributed by atoms with Gasteiger partial charge in [-0.2, -0.15) is 0 Å². The molecule has 0 unspecified atom stereocenters. The summed E-state index contributed by atoms with van der Waals surface area (Å²) in [6, 6.07) is 2.79. The minimum Gasteiger partial charge on any atom is -0.476 e. The molecule has 3 rings (SSSR count). The van der Waals surface area contributed by atoms with Crippen molar-refractivity contribution in [2.24, 2.45) is 5.92 Å². The first kappa shape index (κ1) is 22.2. The Balaban J connectivity index is 1.42. The Morgan fingerprint density at radius 1 is 1.30 bits per heavy atom. The van der Waals surface area contributed by atoms with Gasteiger partial charge in [0.25, 0.3) is 0 Å². The summed E-state index contributed by atoms with van der Waals surface area (Å²) in [6.45, 7) is 4.19. The van der Waals surface area contributed by atoms with E-state index in [1.165, 1.54) is 31.6 Å². The highest BCUT2D eigenvalue weighted by Crippen LogP contribution is 2.34. The molecule has 1 saturated carbocycles. The fourth-order valence-corrected chi connectivity index (χ4v) is 3.22. The zero-order valence-electron chi connectivity index (χ0n) is 16.8. The van der Waals surface area contributed by atoms with Crippen LogP contribution in [-0.4, -0.2) is 46.2 Å². The lowest BCUT2D eigenvalue weighted by molar-refractivity contribution is -0.120. The number of carbonyl (C=O) groups is 1. The van der Waals surface area contributed by atoms with Gasteiger partial charge in [0.05, 0.1) is 19.3 Å². The van der Waals surface area contributed by atoms with Crippen molar-refractivity contribution in [3.05, 3.63) is 41.2 Å². The maximum atomic E-state index is 13.7. The van der Waals surface area contributed by atoms with Gasteiger partial charge in [0.1, 0.15) is 24.4 Å². The summed E-state index contributed by atoms with van der Waals surface area (Å²) < 4.78 is 30.6. The highest BCUT2D eigenvalue weighted by Gasteiger charge is 2.31. The van der Waals surface area contributed by atoms with E-state index >= 15 is 0 Å². The molecule has 30 heavy (non-hydrogen) atoms. The smallest absolute Gasteiger partial charge is 0.240 e. The van der Waals surface area contributed by atoms with Gasteiger partial charge in [-0.15, -0.1) is 0 Å². The van der Waals surface area contributed by atoms with Crippen molar-refractivity contribution in [3.63, 3.8) is 0 Å². The molecule has 1 atom stereocenters. The predicted octanol–water partition coefficient (Wildman–Crippen LogP) is 2.94. The summed E-state index contributed by atoms with van der Waals surface area (Å²) in [5.41, 5.74) is 0.156. The topological polar surface area (TPSA) is 95.5 Å². The van der Waals surface area contributed by atoms with E-state index in [0.29, 0.717) is 19.1 Å². The Morgan fingerprint density at radius 2 is 2.03 bits per heavy atom. The second-order valence-electron chi connectivity index (χ2n) is 7.22. The van der Waals surface area contributed by atoms with E-state index in [-0.39, 0.29) is 47.1 Å². The van der Waals surface area contributed by atoms with Crippen molar-refractivity contribution in [2.45, 2.75) is 45.4 Å². The number of amides is 1. The molecule has 0 aliphatic heterocycles. The molecule has 10 heteroatoms. The lowest BCUT2D eigenvalue weighted by atomic mass is 9.83. The van der Waals surface area contributed by atoms with Gasteiger partial charge < -0.3 is 19.5 Å². The molecular formula is C20H24ClFN4O4. The fourth-order valence-electron chi connectivity index (χ4n) is 3.01. The van der Waals surface area contributed by atoms with Crippen LogP contribution in [0, 0.1) is 11.7 Å². The van der Waals surface area contributed by atoms with E-state index in [0.717, 1.165) is 12.8 Å². The number of carbonyl (C=O) groups excluding carboxylic acids is 1. The summed E-state index contributed by atoms with van der Waals surface area (Å²) >= 11 is 6.27. The Kier molecular flexibility index (Phi) is 7.75. The molecule has 0 bridgehead atoms. The largest absolute Gasteiger partial charge is 0.476 e. The third-order valence-corrected chi connectivity index (χ3v) is 4.91. The Labute approximate surface area is 179 Å². The lowest BCUT2D eigenvalue weighted by Gasteiger charge is -2.35. The van der Waals surface area contributed by atoms with Gasteiger partial charge in [-0.25, -0.2) is 14.4 Å². The molecule has 2 heterocycles. The molecule has 1 N–H and O–H groups in total. The number of ether oxygens (including phenoxy) is 3. The zero-order chi connectivity index (χ0) is 21.5. The third-order valence-electron chi connectivity index (χ3n) is 4.59. The summed E-state index contributed by atoms with van der Waals surface area (Å²) in [6.07, 6.45) is 4.63. The molecule has 1 fully saturated rings. The molecule has 0 aromatic carbocycles. The summed E-state index contributed by atoms with van der Waals surface area (Å²) in [5, 5.41) is 2.92. The first-order chi connectivity index (χ1) is 14.4. The van der Waals surface area contributed by atoms with Gasteiger partial charge in [-0.05, 0) is 37.8 Å². The van der Waals surface area contributed by atoms with Gasteiger partial charge in [-0.1, -0.05) is 11.6 Å². The molecule has 162 valence electrons. The number of hydrogen-bond donors (Lipinski definition) is 1. The van der Waals surface area contributed by atoms with Crippen LogP contribution in [0.1, 0.15) is 32.4 Å². The average molecular weight is 439 g/mol. The molecule has 0 saturated heterocycles. The Morgan fingerprint density at radius 3 is 2.73 bits per heavy atom. The molecule has 2 aromatic heterocycles. The molecule has 0 radical (unpaired) electrons. The number of nitrogens with zero attached hydrogens (tertiary/aromatic N) is 3. The van der Waals surface area contributed by atoms with Crippen LogP contribution in [0.15, 0.2) is 24.7 Å². The molecule has 1 amide bonds. The fraction of sp³-hybridized carbons (Fsp3) is 0.500. The standard InChI is InChI=1S/C20H24ClFN4O4/c1-12(26-13(2)27)8-28-15-6-14(7-15)9-29-19-18(21)20(25-11-24-19)30-10-17-16(22)4-3-5-23-17/h3-5,11-12,14-15H,6-10H2,1-2H3,(H,26,27)/t12-,14?,15?/m0/s1. The van der Waals surface area contributed by atoms with Crippen LogP contribution < -0.4 is 14.8 Å². The highest BCUT2D eigenvalue weighted by molar-refractivity contribution is 6.33. The van der Waals surface area contributed by atoms with Crippen LogP contribution in [0.5, 0.6) is 11.8 Å². The van der Waals surface area contributed by atoms with E-state index < -0.39 is 5.82 Å². The summed E-state index contributed by atoms with van der Waals surface area (Å²) in [5.74, 6) is 0.109. The number of pyridine rings is 1. The normalized spacial score (nSPS) is 18.9. The van der Waals surface area contributed by atoms with E-state index in [1.807, 2.05) is 6.92 Å². The van der Waals surface area contributed by atoms with E-state index in [9.17, 15) is 9.18 Å². The second-order valence-corrected chi connectivity index (χ2v) is 7.60. The van der Waals surface area contributed by atoms with Crippen molar-refractivity contribution in [1.29, 1.82) is 0 Å². The first-order valence-corrected chi connectivity index (χ1v) is 10.0. The lowest BCUT2D eigenvalue weighted by Crippen LogP contribution is -2.40. The van der Waals surface area contributed by atoms with Gasteiger partial charge in [-0.3, -0.25) is 9.78 Å². The predicted molar refractivity (Wildman–Crippen MR) is 107 cm³/mol. The number of hydrogen-bond acceptors (Lipinski definition) is 7. The van der Waals surface area contributed by atoms with Gasteiger partial charge in [0.15, 0.2) is 5.02 Å². The molecular weight excluding hydrogens is 415 g/mol. The number of halogens is 2. The summed E-state index contributed by atoms with van der Waals surface area (Å²) in [7, 11) is 0. The maximum Gasteiger partial charge on any atom is 0.240 e. The van der Waals surface area contributed by atoms with Crippen LogP contribution in [-0.2, 0) is 16.1 Å². The summed E-state index contributed by atoms with van der Waals surface area (Å²) in [4.78, 5) is 22.9. The minimum absolute atomic E-state index is 0.0180. The van der Waals surface area contributed by atoms with Crippen molar-refractivity contribution in [3.8, 4) is 11.8 Å². The highest BCUT2D eigenvalue weighted by atomic mass is 35.5. The van der Waals surface area contributed by atoms with E-state index in [1.54, 1.807) is 0 Å². The molecule has 1 aliphatic carbocycles. The van der Waals surface area contributed by atoms with Gasteiger partial charge in [0.2, 0.25) is 17.7 Å². The van der Waals surface area contributed by atoms with Crippen molar-refractivity contribution in [1.82, 2.24) is 20.3 Å². The monoisotopic (exact) mass is 438 g/mol. The molecule has 8 nitrogen and oxygen atoms in total. The van der Waals surface area contributed by atoms with Crippen molar-refractivity contribution in [2.75, 3.05) is 13.2 Å². The van der Waals surface area contributed by atoms with Gasteiger partial charge >= 0.3 is 0 Å². The van der Waals surface area contributed by atoms with Crippen molar-refractivity contribution < 1.29 is 23.4 Å².